The van der Waals surface area contributed by atoms with Gasteiger partial charge in [0.1, 0.15) is 12.4 Å². The van der Waals surface area contributed by atoms with Crippen LogP contribution >= 0.6 is 0 Å². The summed E-state index contributed by atoms with van der Waals surface area (Å²) in [6, 6.07) is 9.12. The predicted octanol–water partition coefficient (Wildman–Crippen LogP) is 3.79. The minimum Gasteiger partial charge on any atom is -0.492 e. The van der Waals surface area contributed by atoms with Crippen molar-refractivity contribution in [2.45, 2.75) is 45.1 Å². The fourth-order valence-electron chi connectivity index (χ4n) is 5.36. The van der Waals surface area contributed by atoms with Crippen LogP contribution in [0.1, 0.15) is 37.7 Å². The fraction of sp³-hybridized carbons (Fsp3) is 0.684. The van der Waals surface area contributed by atoms with Crippen molar-refractivity contribution in [3.05, 3.63) is 29.8 Å². The molecule has 0 saturated heterocycles. The first-order valence-corrected chi connectivity index (χ1v) is 8.71. The number of hydrogen-bond acceptors (Lipinski definition) is 2. The molecule has 0 amide bonds. The number of nitrogens with one attached hydrogen (secondary N) is 1. The highest BCUT2D eigenvalue weighted by molar-refractivity contribution is 5.27. The Morgan fingerprint density at radius 3 is 2.43 bits per heavy atom. The van der Waals surface area contributed by atoms with Crippen molar-refractivity contribution in [1.29, 1.82) is 0 Å². The van der Waals surface area contributed by atoms with Gasteiger partial charge in [-0.15, -0.1) is 0 Å². The first-order chi connectivity index (χ1) is 10.3. The highest BCUT2D eigenvalue weighted by atomic mass is 16.5. The Labute approximate surface area is 128 Å². The molecule has 4 saturated carbocycles. The number of benzene rings is 1. The molecule has 4 aliphatic rings. The zero-order valence-corrected chi connectivity index (χ0v) is 13.1. The second-order valence-electron chi connectivity index (χ2n) is 7.58. The lowest BCUT2D eigenvalue weighted by molar-refractivity contribution is -0.0143. The van der Waals surface area contributed by atoms with E-state index in [4.69, 9.17) is 4.74 Å². The van der Waals surface area contributed by atoms with Gasteiger partial charge in [-0.1, -0.05) is 12.1 Å². The van der Waals surface area contributed by atoms with E-state index in [0.717, 1.165) is 48.6 Å². The zero-order valence-electron chi connectivity index (χ0n) is 13.1. The van der Waals surface area contributed by atoms with Gasteiger partial charge in [0, 0.05) is 12.6 Å². The maximum Gasteiger partial charge on any atom is 0.119 e. The predicted molar refractivity (Wildman–Crippen MR) is 85.5 cm³/mol. The molecule has 1 aromatic rings. The molecule has 21 heavy (non-hydrogen) atoms. The molecule has 0 unspecified atom stereocenters. The topological polar surface area (TPSA) is 21.3 Å². The lowest BCUT2D eigenvalue weighted by Crippen LogP contribution is -2.55. The maximum atomic E-state index is 5.87. The molecule has 114 valence electrons. The van der Waals surface area contributed by atoms with E-state index in [9.17, 15) is 0 Å². The summed E-state index contributed by atoms with van der Waals surface area (Å²) in [5.41, 5.74) is 1.27. The molecule has 0 aliphatic heterocycles. The standard InChI is InChI=1S/C19H27NO/c1-13-3-2-4-18(7-13)21-6-5-20-19-16-9-14-8-15(11-16)12-17(19)10-14/h2-4,7,14-17,19-20H,5-6,8-12H2,1H3. The molecular weight excluding hydrogens is 258 g/mol. The van der Waals surface area contributed by atoms with Gasteiger partial charge in [-0.25, -0.2) is 0 Å². The molecule has 1 N–H and O–H groups in total. The Hall–Kier alpha value is -1.02. The van der Waals surface area contributed by atoms with Crippen LogP contribution in [0, 0.1) is 30.6 Å². The highest BCUT2D eigenvalue weighted by Crippen LogP contribution is 2.53. The summed E-state index contributed by atoms with van der Waals surface area (Å²) < 4.78 is 5.87. The Balaban J connectivity index is 1.26. The van der Waals surface area contributed by atoms with Crippen LogP contribution in [-0.2, 0) is 0 Å². The van der Waals surface area contributed by atoms with Crippen molar-refractivity contribution in [3.63, 3.8) is 0 Å². The average Bonchev–Trinajstić information content (AvgIpc) is 2.45. The van der Waals surface area contributed by atoms with Gasteiger partial charge in [0.15, 0.2) is 0 Å². The first kappa shape index (κ1) is 13.6. The molecule has 2 heteroatoms. The third-order valence-electron chi connectivity index (χ3n) is 5.97. The monoisotopic (exact) mass is 285 g/mol. The van der Waals surface area contributed by atoms with Crippen LogP contribution < -0.4 is 10.1 Å². The molecule has 0 heterocycles. The molecule has 0 radical (unpaired) electrons. The molecule has 4 fully saturated rings. The van der Waals surface area contributed by atoms with E-state index in [1.54, 1.807) is 0 Å². The summed E-state index contributed by atoms with van der Waals surface area (Å²) in [5.74, 6) is 5.05. The summed E-state index contributed by atoms with van der Waals surface area (Å²) in [4.78, 5) is 0. The van der Waals surface area contributed by atoms with Crippen molar-refractivity contribution in [2.75, 3.05) is 13.2 Å². The normalized spacial score (nSPS) is 36.9. The van der Waals surface area contributed by atoms with E-state index in [1.165, 1.54) is 37.7 Å². The zero-order chi connectivity index (χ0) is 14.2. The number of ether oxygens (including phenoxy) is 1. The summed E-state index contributed by atoms with van der Waals surface area (Å²) in [6.07, 6.45) is 7.50. The van der Waals surface area contributed by atoms with Gasteiger partial charge >= 0.3 is 0 Å². The second kappa shape index (κ2) is 5.64. The van der Waals surface area contributed by atoms with Gasteiger partial charge in [-0.3, -0.25) is 0 Å². The smallest absolute Gasteiger partial charge is 0.119 e. The van der Waals surface area contributed by atoms with Crippen molar-refractivity contribution in [1.82, 2.24) is 5.32 Å². The molecule has 0 spiro atoms. The van der Waals surface area contributed by atoms with Crippen LogP contribution in [0.3, 0.4) is 0 Å². The number of rotatable bonds is 5. The first-order valence-electron chi connectivity index (χ1n) is 8.71. The van der Waals surface area contributed by atoms with Crippen LogP contribution in [-0.4, -0.2) is 19.2 Å². The molecule has 5 rings (SSSR count). The van der Waals surface area contributed by atoms with Crippen LogP contribution in [0.4, 0.5) is 0 Å². The SMILES string of the molecule is Cc1cccc(OCCNC2C3CC4CC(C3)CC2C4)c1. The summed E-state index contributed by atoms with van der Waals surface area (Å²) >= 11 is 0. The molecule has 2 nitrogen and oxygen atoms in total. The second-order valence-corrected chi connectivity index (χ2v) is 7.58. The van der Waals surface area contributed by atoms with Crippen molar-refractivity contribution >= 4 is 0 Å². The largest absolute Gasteiger partial charge is 0.492 e. The Kier molecular flexibility index (Phi) is 3.66. The minimum atomic E-state index is 0.777. The van der Waals surface area contributed by atoms with Crippen LogP contribution in [0.5, 0.6) is 5.75 Å². The van der Waals surface area contributed by atoms with Crippen LogP contribution in [0.2, 0.25) is 0 Å². The minimum absolute atomic E-state index is 0.777. The third kappa shape index (κ3) is 2.83. The number of hydrogen-bond donors (Lipinski definition) is 1. The highest BCUT2D eigenvalue weighted by Gasteiger charge is 2.47. The average molecular weight is 285 g/mol. The quantitative estimate of drug-likeness (QED) is 0.831. The maximum absolute atomic E-state index is 5.87. The third-order valence-corrected chi connectivity index (χ3v) is 5.97. The fourth-order valence-corrected chi connectivity index (χ4v) is 5.36. The van der Waals surface area contributed by atoms with Crippen LogP contribution in [0.15, 0.2) is 24.3 Å². The van der Waals surface area contributed by atoms with Gasteiger partial charge in [0.2, 0.25) is 0 Å². The lowest BCUT2D eigenvalue weighted by atomic mass is 9.54. The molecule has 0 aromatic heterocycles. The van der Waals surface area contributed by atoms with Gasteiger partial charge in [0.05, 0.1) is 0 Å². The summed E-state index contributed by atoms with van der Waals surface area (Å²) in [7, 11) is 0. The van der Waals surface area contributed by atoms with Gasteiger partial charge in [-0.2, -0.15) is 0 Å². The van der Waals surface area contributed by atoms with Crippen molar-refractivity contribution < 1.29 is 4.74 Å². The summed E-state index contributed by atoms with van der Waals surface area (Å²) in [5, 5.41) is 3.82. The van der Waals surface area contributed by atoms with E-state index in [1.807, 2.05) is 0 Å². The van der Waals surface area contributed by atoms with Crippen LogP contribution in [0.25, 0.3) is 0 Å². The number of aryl methyl sites for hydroxylation is 1. The van der Waals surface area contributed by atoms with E-state index in [2.05, 4.69) is 36.5 Å². The van der Waals surface area contributed by atoms with Crippen molar-refractivity contribution in [3.8, 4) is 5.75 Å². The van der Waals surface area contributed by atoms with E-state index >= 15 is 0 Å². The molecule has 4 bridgehead atoms. The van der Waals surface area contributed by atoms with Crippen molar-refractivity contribution in [2.24, 2.45) is 23.7 Å². The van der Waals surface area contributed by atoms with Gasteiger partial charge < -0.3 is 10.1 Å². The molecule has 0 atom stereocenters. The Bertz CT molecular complexity index is 470. The van der Waals surface area contributed by atoms with Gasteiger partial charge in [0.25, 0.3) is 0 Å². The molecule has 1 aromatic carbocycles. The van der Waals surface area contributed by atoms with E-state index < -0.39 is 0 Å². The summed E-state index contributed by atoms with van der Waals surface area (Å²) in [6.45, 7) is 3.88. The van der Waals surface area contributed by atoms with Gasteiger partial charge in [-0.05, 0) is 80.4 Å². The van der Waals surface area contributed by atoms with E-state index in [-0.39, 0.29) is 0 Å². The molecular formula is C19H27NO. The van der Waals surface area contributed by atoms with E-state index in [0.29, 0.717) is 0 Å². The molecule has 4 aliphatic carbocycles. The Morgan fingerprint density at radius 1 is 1.05 bits per heavy atom. The lowest BCUT2D eigenvalue weighted by Gasteiger charge is -2.54. The Morgan fingerprint density at radius 2 is 1.76 bits per heavy atom.